The van der Waals surface area contributed by atoms with Gasteiger partial charge in [-0.15, -0.1) is 0 Å². The number of carbonyl (C=O) groups is 1. The van der Waals surface area contributed by atoms with Gasteiger partial charge in [-0.1, -0.05) is 31.2 Å². The summed E-state index contributed by atoms with van der Waals surface area (Å²) in [6, 6.07) is 11.7. The van der Waals surface area contributed by atoms with Gasteiger partial charge in [-0.3, -0.25) is 9.10 Å². The van der Waals surface area contributed by atoms with Gasteiger partial charge in [0.15, 0.2) is 11.5 Å². The number of amides is 1. The Hall–Kier alpha value is -2.74. The highest BCUT2D eigenvalue weighted by atomic mass is 32.2. The molecule has 0 radical (unpaired) electrons. The van der Waals surface area contributed by atoms with E-state index < -0.39 is 16.1 Å². The van der Waals surface area contributed by atoms with E-state index in [1.54, 1.807) is 25.1 Å². The third-order valence-electron chi connectivity index (χ3n) is 5.12. The summed E-state index contributed by atoms with van der Waals surface area (Å²) < 4.78 is 37.3. The number of fused-ring (bicyclic) bond motifs is 1. The topological polar surface area (TPSA) is 84.9 Å². The molecule has 0 fully saturated rings. The molecule has 1 aliphatic rings. The maximum absolute atomic E-state index is 12.9. The fourth-order valence-electron chi connectivity index (χ4n) is 3.44. The Morgan fingerprint density at radius 2 is 1.70 bits per heavy atom. The highest BCUT2D eigenvalue weighted by Gasteiger charge is 2.31. The van der Waals surface area contributed by atoms with Crippen molar-refractivity contribution in [1.29, 1.82) is 0 Å². The van der Waals surface area contributed by atoms with Gasteiger partial charge in [-0.25, -0.2) is 8.42 Å². The Kier molecular flexibility index (Phi) is 6.55. The van der Waals surface area contributed by atoms with Crippen molar-refractivity contribution in [1.82, 2.24) is 5.32 Å². The predicted octanol–water partition coefficient (Wildman–Crippen LogP) is 3.05. The van der Waals surface area contributed by atoms with E-state index in [1.165, 1.54) is 5.56 Å². The van der Waals surface area contributed by atoms with Crippen LogP contribution in [0.1, 0.15) is 37.9 Å². The summed E-state index contributed by atoms with van der Waals surface area (Å²) in [7, 11) is -3.72. The second kappa shape index (κ2) is 8.95. The summed E-state index contributed by atoms with van der Waals surface area (Å²) in [6.07, 6.45) is 2.03. The first-order valence-corrected chi connectivity index (χ1v) is 11.8. The van der Waals surface area contributed by atoms with Crippen molar-refractivity contribution >= 4 is 21.6 Å². The van der Waals surface area contributed by atoms with Crippen LogP contribution in [-0.4, -0.2) is 39.8 Å². The van der Waals surface area contributed by atoms with Crippen LogP contribution >= 0.6 is 0 Å². The fourth-order valence-corrected chi connectivity index (χ4v) is 4.60. The maximum Gasteiger partial charge on any atom is 0.244 e. The van der Waals surface area contributed by atoms with Crippen molar-refractivity contribution in [2.24, 2.45) is 0 Å². The van der Waals surface area contributed by atoms with Crippen LogP contribution in [-0.2, 0) is 21.2 Å². The summed E-state index contributed by atoms with van der Waals surface area (Å²) in [5.41, 5.74) is 2.52. The van der Waals surface area contributed by atoms with Crippen LogP contribution in [0.4, 0.5) is 5.69 Å². The van der Waals surface area contributed by atoms with Gasteiger partial charge in [0.25, 0.3) is 0 Å². The summed E-state index contributed by atoms with van der Waals surface area (Å²) >= 11 is 0. The molecule has 30 heavy (non-hydrogen) atoms. The molecule has 162 valence electrons. The molecular weight excluding hydrogens is 404 g/mol. The molecule has 2 aromatic rings. The zero-order valence-electron chi connectivity index (χ0n) is 17.7. The number of anilines is 1. The molecule has 0 unspecified atom stereocenters. The Morgan fingerprint density at radius 3 is 2.30 bits per heavy atom. The number of ether oxygens (including phenoxy) is 2. The second-order valence-corrected chi connectivity index (χ2v) is 9.25. The lowest BCUT2D eigenvalue weighted by Crippen LogP contribution is -2.48. The molecule has 3 rings (SSSR count). The van der Waals surface area contributed by atoms with E-state index in [1.807, 2.05) is 31.2 Å². The lowest BCUT2D eigenvalue weighted by Gasteiger charge is -2.30. The molecule has 0 aliphatic carbocycles. The number of carbonyl (C=O) groups excluding carboxylic acids is 1. The number of hydrogen-bond donors (Lipinski definition) is 1. The number of sulfonamides is 1. The number of rotatable bonds is 7. The summed E-state index contributed by atoms with van der Waals surface area (Å²) in [5, 5.41) is 2.92. The molecule has 0 saturated heterocycles. The molecule has 2 aromatic carbocycles. The van der Waals surface area contributed by atoms with Gasteiger partial charge in [-0.05, 0) is 43.5 Å². The van der Waals surface area contributed by atoms with Crippen LogP contribution in [0.25, 0.3) is 0 Å². The maximum atomic E-state index is 12.9. The minimum absolute atomic E-state index is 0.257. The standard InChI is InChI=1S/C22H28N2O5S/c1-5-17-6-8-18(9-7-17)15(2)23-22(25)16(3)24(30(4,26)27)19-10-11-20-21(14-19)29-13-12-28-20/h6-11,14-16H,5,12-13H2,1-4H3,(H,23,25)/t15-,16+/m1/s1. The van der Waals surface area contributed by atoms with Crippen LogP contribution in [0.15, 0.2) is 42.5 Å². The van der Waals surface area contributed by atoms with Crippen molar-refractivity contribution in [3.05, 3.63) is 53.6 Å². The predicted molar refractivity (Wildman–Crippen MR) is 117 cm³/mol. The van der Waals surface area contributed by atoms with Gasteiger partial charge in [-0.2, -0.15) is 0 Å². The summed E-state index contributed by atoms with van der Waals surface area (Å²) in [4.78, 5) is 12.9. The molecule has 1 aliphatic heterocycles. The largest absolute Gasteiger partial charge is 0.486 e. The zero-order valence-corrected chi connectivity index (χ0v) is 18.5. The Bertz CT molecular complexity index is 1000. The van der Waals surface area contributed by atoms with Crippen LogP contribution < -0.4 is 19.1 Å². The van der Waals surface area contributed by atoms with Crippen LogP contribution in [0.5, 0.6) is 11.5 Å². The number of nitrogens with zero attached hydrogens (tertiary/aromatic N) is 1. The molecule has 0 aromatic heterocycles. The van der Waals surface area contributed by atoms with Crippen LogP contribution in [0, 0.1) is 0 Å². The number of benzene rings is 2. The van der Waals surface area contributed by atoms with Crippen LogP contribution in [0.2, 0.25) is 0 Å². The van der Waals surface area contributed by atoms with Crippen molar-refractivity contribution in [3.63, 3.8) is 0 Å². The SMILES string of the molecule is CCc1ccc([C@@H](C)NC(=O)[C@H](C)N(c2ccc3c(c2)OCCO3)S(C)(=O)=O)cc1. The van der Waals surface area contributed by atoms with Crippen molar-refractivity contribution in [3.8, 4) is 11.5 Å². The van der Waals surface area contributed by atoms with E-state index in [-0.39, 0.29) is 11.9 Å². The molecule has 2 atom stereocenters. The van der Waals surface area contributed by atoms with E-state index in [2.05, 4.69) is 12.2 Å². The second-order valence-electron chi connectivity index (χ2n) is 7.39. The van der Waals surface area contributed by atoms with Gasteiger partial charge < -0.3 is 14.8 Å². The highest BCUT2D eigenvalue weighted by molar-refractivity contribution is 7.92. The number of hydrogen-bond acceptors (Lipinski definition) is 5. The van der Waals surface area contributed by atoms with E-state index in [4.69, 9.17) is 9.47 Å². The fraction of sp³-hybridized carbons (Fsp3) is 0.409. The molecule has 1 heterocycles. The minimum Gasteiger partial charge on any atom is -0.486 e. The van der Waals surface area contributed by atoms with Crippen LogP contribution in [0.3, 0.4) is 0 Å². The van der Waals surface area contributed by atoms with Crippen molar-refractivity contribution in [2.45, 2.75) is 39.3 Å². The minimum atomic E-state index is -3.72. The Morgan fingerprint density at radius 1 is 1.07 bits per heavy atom. The Balaban J connectivity index is 1.81. The summed E-state index contributed by atoms with van der Waals surface area (Å²) in [6.45, 7) is 6.36. The molecule has 0 spiro atoms. The third-order valence-corrected chi connectivity index (χ3v) is 6.36. The van der Waals surface area contributed by atoms with Gasteiger partial charge in [0, 0.05) is 6.07 Å². The lowest BCUT2D eigenvalue weighted by atomic mass is 10.0. The van der Waals surface area contributed by atoms with Gasteiger partial charge in [0.1, 0.15) is 19.3 Å². The van der Waals surface area contributed by atoms with Crippen molar-refractivity contribution in [2.75, 3.05) is 23.8 Å². The summed E-state index contributed by atoms with van der Waals surface area (Å²) in [5.74, 6) is 0.631. The van der Waals surface area contributed by atoms with Gasteiger partial charge in [0.05, 0.1) is 18.0 Å². The molecule has 0 saturated carbocycles. The number of nitrogens with one attached hydrogen (secondary N) is 1. The van der Waals surface area contributed by atoms with E-state index in [0.29, 0.717) is 30.4 Å². The first-order chi connectivity index (χ1) is 14.2. The lowest BCUT2D eigenvalue weighted by molar-refractivity contribution is -0.122. The number of aryl methyl sites for hydroxylation is 1. The first-order valence-electron chi connectivity index (χ1n) is 9.99. The van der Waals surface area contributed by atoms with Crippen molar-refractivity contribution < 1.29 is 22.7 Å². The van der Waals surface area contributed by atoms with E-state index >= 15 is 0 Å². The monoisotopic (exact) mass is 432 g/mol. The zero-order chi connectivity index (χ0) is 21.9. The van der Waals surface area contributed by atoms with E-state index in [9.17, 15) is 13.2 Å². The first kappa shape index (κ1) is 22.0. The highest BCUT2D eigenvalue weighted by Crippen LogP contribution is 2.35. The van der Waals surface area contributed by atoms with Gasteiger partial charge in [0.2, 0.25) is 15.9 Å². The molecule has 1 amide bonds. The normalized spacial score (nSPS) is 15.2. The molecule has 1 N–H and O–H groups in total. The molecule has 7 nitrogen and oxygen atoms in total. The molecule has 0 bridgehead atoms. The van der Waals surface area contributed by atoms with Gasteiger partial charge >= 0.3 is 0 Å². The third kappa shape index (κ3) is 4.87. The molecular formula is C22H28N2O5S. The van der Waals surface area contributed by atoms with E-state index in [0.717, 1.165) is 22.5 Å². The smallest absolute Gasteiger partial charge is 0.244 e. The average molecular weight is 433 g/mol. The quantitative estimate of drug-likeness (QED) is 0.727. The molecule has 8 heteroatoms. The average Bonchev–Trinajstić information content (AvgIpc) is 2.72. The Labute approximate surface area is 178 Å².